The first-order chi connectivity index (χ1) is 18.1. The lowest BCUT2D eigenvalue weighted by Crippen LogP contribution is -2.59. The Kier molecular flexibility index (Phi) is 6.34. The zero-order valence-electron chi connectivity index (χ0n) is 21.9. The van der Waals surface area contributed by atoms with Crippen LogP contribution < -0.4 is 4.90 Å². The van der Waals surface area contributed by atoms with E-state index in [0.29, 0.717) is 18.9 Å². The summed E-state index contributed by atoms with van der Waals surface area (Å²) in [7, 11) is 1.73. The van der Waals surface area contributed by atoms with Gasteiger partial charge in [-0.05, 0) is 67.4 Å². The van der Waals surface area contributed by atoms with Crippen molar-refractivity contribution >= 4 is 5.69 Å². The molecule has 1 aliphatic heterocycles. The molecule has 0 radical (unpaired) electrons. The minimum Gasteiger partial charge on any atom is -0.497 e. The van der Waals surface area contributed by atoms with Gasteiger partial charge < -0.3 is 9.64 Å². The number of anilines is 1. The lowest BCUT2D eigenvalue weighted by molar-refractivity contribution is -0.539. The average molecular weight is 499 g/mol. The van der Waals surface area contributed by atoms with Crippen molar-refractivity contribution in [3.05, 3.63) is 99.8 Å². The van der Waals surface area contributed by atoms with Crippen molar-refractivity contribution in [2.75, 3.05) is 18.6 Å². The minimum absolute atomic E-state index is 0.0440. The van der Waals surface area contributed by atoms with Crippen LogP contribution in [0.2, 0.25) is 0 Å². The summed E-state index contributed by atoms with van der Waals surface area (Å²) in [6.07, 6.45) is 16.4. The van der Waals surface area contributed by atoms with Crippen LogP contribution in [0.5, 0.6) is 0 Å². The summed E-state index contributed by atoms with van der Waals surface area (Å²) in [5.74, 6) is 1.55. The Morgan fingerprint density at radius 3 is 2.41 bits per heavy atom. The van der Waals surface area contributed by atoms with Crippen LogP contribution in [-0.4, -0.2) is 30.2 Å². The van der Waals surface area contributed by atoms with Crippen molar-refractivity contribution in [2.45, 2.75) is 80.7 Å². The summed E-state index contributed by atoms with van der Waals surface area (Å²) in [6, 6.07) is 18.6. The molecule has 4 atom stereocenters. The number of nitrogens with zero attached hydrogens (tertiary/aromatic N) is 2. The van der Waals surface area contributed by atoms with E-state index in [1.165, 1.54) is 48.9 Å². The number of fused-ring (bicyclic) bond motifs is 2. The number of para-hydroxylation sites is 1. The molecule has 5 nitrogen and oxygen atoms in total. The molecule has 4 aliphatic rings. The van der Waals surface area contributed by atoms with Crippen molar-refractivity contribution in [2.24, 2.45) is 5.92 Å². The van der Waals surface area contributed by atoms with Gasteiger partial charge in [-0.1, -0.05) is 73.9 Å². The first-order valence-corrected chi connectivity index (χ1v) is 14.1. The van der Waals surface area contributed by atoms with Crippen LogP contribution in [0, 0.1) is 16.0 Å². The molecule has 2 saturated carbocycles. The van der Waals surface area contributed by atoms with E-state index in [4.69, 9.17) is 4.74 Å². The summed E-state index contributed by atoms with van der Waals surface area (Å²) < 4.78 is 5.60. The van der Waals surface area contributed by atoms with E-state index in [2.05, 4.69) is 71.7 Å². The molecule has 2 aromatic rings. The third kappa shape index (κ3) is 3.81. The van der Waals surface area contributed by atoms with Gasteiger partial charge in [0.1, 0.15) is 5.76 Å². The van der Waals surface area contributed by atoms with Gasteiger partial charge >= 0.3 is 0 Å². The van der Waals surface area contributed by atoms with Gasteiger partial charge in [0, 0.05) is 29.5 Å². The van der Waals surface area contributed by atoms with Gasteiger partial charge in [0.25, 0.3) is 0 Å². The largest absolute Gasteiger partial charge is 0.497 e. The molecule has 194 valence electrons. The number of methoxy groups -OCH3 is 1. The number of nitro groups is 1. The van der Waals surface area contributed by atoms with Crippen LogP contribution in [0.4, 0.5) is 5.69 Å². The number of ether oxygens (including phenoxy) is 1. The quantitative estimate of drug-likeness (QED) is 0.324. The Morgan fingerprint density at radius 1 is 0.946 bits per heavy atom. The van der Waals surface area contributed by atoms with Crippen LogP contribution in [-0.2, 0) is 10.2 Å². The lowest BCUT2D eigenvalue weighted by Gasteiger charge is -2.51. The predicted molar refractivity (Wildman–Crippen MR) is 147 cm³/mol. The van der Waals surface area contributed by atoms with Gasteiger partial charge in [-0.15, -0.1) is 0 Å². The second-order valence-electron chi connectivity index (χ2n) is 11.5. The Morgan fingerprint density at radius 2 is 1.70 bits per heavy atom. The van der Waals surface area contributed by atoms with Crippen molar-refractivity contribution in [3.63, 3.8) is 0 Å². The molecule has 4 unspecified atom stereocenters. The zero-order valence-corrected chi connectivity index (χ0v) is 21.9. The SMILES string of the molecule is COC1=CCC(C2CCCCC2)(N2CC3(c4ccccc42)C(c2ccccc2)CCCC3[N+](=O)[O-])C=C1. The van der Waals surface area contributed by atoms with E-state index in [0.717, 1.165) is 25.0 Å². The highest BCUT2D eigenvalue weighted by molar-refractivity contribution is 5.68. The maximum Gasteiger partial charge on any atom is 0.225 e. The fraction of sp³-hybridized carbons (Fsp3) is 0.500. The molecule has 2 aromatic carbocycles. The standard InChI is InChI=1S/C32H38N2O3/c1-37-26-19-21-31(22-20-26,25-13-6-3-7-14-25)33-23-32(28-15-8-9-17-29(28)33)27(24-11-4-2-5-12-24)16-10-18-30(32)34(35)36/h2,4-5,8-9,11-12,15,17,19-21,25,27,30H,3,6-7,10,13-14,16,18,22-23H2,1H3. The molecule has 3 aliphatic carbocycles. The summed E-state index contributed by atoms with van der Waals surface area (Å²) in [5, 5.41) is 12.8. The van der Waals surface area contributed by atoms with Crippen molar-refractivity contribution in [1.82, 2.24) is 0 Å². The normalized spacial score (nSPS) is 31.7. The van der Waals surface area contributed by atoms with Crippen LogP contribution in [0.15, 0.2) is 78.6 Å². The Labute approximate surface area is 220 Å². The third-order valence-electron chi connectivity index (χ3n) is 9.98. The van der Waals surface area contributed by atoms with E-state index in [1.807, 2.05) is 6.07 Å². The van der Waals surface area contributed by atoms with E-state index in [9.17, 15) is 10.1 Å². The highest BCUT2D eigenvalue weighted by atomic mass is 16.6. The number of rotatable bonds is 5. The van der Waals surface area contributed by atoms with Crippen molar-refractivity contribution < 1.29 is 9.66 Å². The van der Waals surface area contributed by atoms with Gasteiger partial charge in [-0.25, -0.2) is 0 Å². The van der Waals surface area contributed by atoms with Gasteiger partial charge in [0.15, 0.2) is 0 Å². The van der Waals surface area contributed by atoms with Gasteiger partial charge in [-0.2, -0.15) is 0 Å². The maximum atomic E-state index is 12.8. The summed E-state index contributed by atoms with van der Waals surface area (Å²) in [5.41, 5.74) is 2.86. The maximum absolute atomic E-state index is 12.8. The number of hydrogen-bond acceptors (Lipinski definition) is 4. The molecular formula is C32H38N2O3. The topological polar surface area (TPSA) is 55.6 Å². The average Bonchev–Trinajstić information content (AvgIpc) is 3.29. The van der Waals surface area contributed by atoms with Crippen molar-refractivity contribution in [1.29, 1.82) is 0 Å². The third-order valence-corrected chi connectivity index (χ3v) is 9.98. The first kappa shape index (κ1) is 24.3. The second-order valence-corrected chi connectivity index (χ2v) is 11.5. The van der Waals surface area contributed by atoms with Crippen LogP contribution in [0.25, 0.3) is 0 Å². The molecule has 0 aromatic heterocycles. The van der Waals surface area contributed by atoms with Gasteiger partial charge in [0.2, 0.25) is 6.04 Å². The molecule has 0 N–H and O–H groups in total. The lowest BCUT2D eigenvalue weighted by atomic mass is 9.58. The number of hydrogen-bond donors (Lipinski definition) is 0. The van der Waals surface area contributed by atoms with E-state index in [1.54, 1.807) is 7.11 Å². The monoisotopic (exact) mass is 498 g/mol. The number of allylic oxidation sites excluding steroid dienone is 1. The summed E-state index contributed by atoms with van der Waals surface area (Å²) >= 11 is 0. The van der Waals surface area contributed by atoms with Crippen molar-refractivity contribution in [3.8, 4) is 0 Å². The molecule has 0 saturated heterocycles. The fourth-order valence-electron chi connectivity index (χ4n) is 8.30. The Hall–Kier alpha value is -3.08. The molecular weight excluding hydrogens is 460 g/mol. The smallest absolute Gasteiger partial charge is 0.225 e. The zero-order chi connectivity index (χ0) is 25.5. The highest BCUT2D eigenvalue weighted by Crippen LogP contribution is 2.59. The second kappa shape index (κ2) is 9.66. The molecule has 1 spiro atoms. The van der Waals surface area contributed by atoms with Crippen LogP contribution in [0.1, 0.15) is 74.8 Å². The Balaban J connectivity index is 1.53. The molecule has 6 rings (SSSR count). The van der Waals surface area contributed by atoms with Crippen LogP contribution >= 0.6 is 0 Å². The molecule has 1 heterocycles. The molecule has 0 amide bonds. The molecule has 2 fully saturated rings. The predicted octanol–water partition coefficient (Wildman–Crippen LogP) is 7.17. The number of benzene rings is 2. The van der Waals surface area contributed by atoms with Crippen LogP contribution in [0.3, 0.4) is 0 Å². The van der Waals surface area contributed by atoms with Gasteiger partial charge in [-0.3, -0.25) is 10.1 Å². The van der Waals surface area contributed by atoms with E-state index >= 15 is 0 Å². The molecule has 0 bridgehead atoms. The minimum atomic E-state index is -0.598. The summed E-state index contributed by atoms with van der Waals surface area (Å²) in [6.45, 7) is 0.689. The summed E-state index contributed by atoms with van der Waals surface area (Å²) in [4.78, 5) is 15.4. The molecule has 37 heavy (non-hydrogen) atoms. The van der Waals surface area contributed by atoms with Gasteiger partial charge in [0.05, 0.1) is 18.1 Å². The van der Waals surface area contributed by atoms with E-state index in [-0.39, 0.29) is 16.4 Å². The van der Waals surface area contributed by atoms with E-state index < -0.39 is 11.5 Å². The fourth-order valence-corrected chi connectivity index (χ4v) is 8.30. The Bertz CT molecular complexity index is 1200. The highest BCUT2D eigenvalue weighted by Gasteiger charge is 2.63. The first-order valence-electron chi connectivity index (χ1n) is 14.1. The molecule has 5 heteroatoms.